The zero-order valence-corrected chi connectivity index (χ0v) is 15.9. The van der Waals surface area contributed by atoms with Crippen molar-refractivity contribution in [1.82, 2.24) is 15.0 Å². The van der Waals surface area contributed by atoms with E-state index in [1.54, 1.807) is 31.0 Å². The highest BCUT2D eigenvalue weighted by molar-refractivity contribution is 7.98. The van der Waals surface area contributed by atoms with E-state index in [1.165, 1.54) is 11.8 Å². The number of aromatic nitrogens is 2. The third-order valence-electron chi connectivity index (χ3n) is 3.89. The van der Waals surface area contributed by atoms with E-state index >= 15 is 0 Å². The van der Waals surface area contributed by atoms with Crippen LogP contribution >= 0.6 is 11.8 Å². The van der Waals surface area contributed by atoms with Crippen molar-refractivity contribution in [3.63, 3.8) is 0 Å². The van der Waals surface area contributed by atoms with Crippen molar-refractivity contribution >= 4 is 17.7 Å². The van der Waals surface area contributed by atoms with Crippen molar-refractivity contribution in [3.8, 4) is 6.07 Å². The molecule has 0 bridgehead atoms. The minimum Gasteiger partial charge on any atom is -0.340 e. The maximum Gasteiger partial charge on any atom is 0.255 e. The van der Waals surface area contributed by atoms with Crippen LogP contribution in [0.4, 0.5) is 0 Å². The second kappa shape index (κ2) is 8.52. The first-order chi connectivity index (χ1) is 13.1. The third kappa shape index (κ3) is 4.74. The SMILES string of the molecule is Cc1nc(CSc2ccccc2C(=O)N(C)Cc2ccc(C#N)cc2)no1. The minimum atomic E-state index is -0.0632. The van der Waals surface area contributed by atoms with Gasteiger partial charge in [0.05, 0.1) is 22.9 Å². The quantitative estimate of drug-likeness (QED) is 0.607. The average Bonchev–Trinajstić information content (AvgIpc) is 3.12. The number of nitrogens with zero attached hydrogens (tertiary/aromatic N) is 4. The first-order valence-corrected chi connectivity index (χ1v) is 9.31. The Kier molecular flexibility index (Phi) is 5.89. The lowest BCUT2D eigenvalue weighted by molar-refractivity contribution is 0.0781. The van der Waals surface area contributed by atoms with Crippen LogP contribution in [0.25, 0.3) is 0 Å². The summed E-state index contributed by atoms with van der Waals surface area (Å²) < 4.78 is 4.98. The predicted octanol–water partition coefficient (Wildman–Crippen LogP) is 3.81. The highest BCUT2D eigenvalue weighted by Gasteiger charge is 2.17. The summed E-state index contributed by atoms with van der Waals surface area (Å²) in [6.07, 6.45) is 0. The molecule has 0 aliphatic heterocycles. The van der Waals surface area contributed by atoms with Gasteiger partial charge >= 0.3 is 0 Å². The molecule has 0 aliphatic carbocycles. The van der Waals surface area contributed by atoms with Crippen LogP contribution in [-0.2, 0) is 12.3 Å². The lowest BCUT2D eigenvalue weighted by Crippen LogP contribution is -2.26. The summed E-state index contributed by atoms with van der Waals surface area (Å²) in [5, 5.41) is 12.8. The lowest BCUT2D eigenvalue weighted by atomic mass is 10.1. The van der Waals surface area contributed by atoms with Gasteiger partial charge in [-0.2, -0.15) is 10.2 Å². The van der Waals surface area contributed by atoms with Gasteiger partial charge in [0, 0.05) is 25.4 Å². The average molecular weight is 378 g/mol. The van der Waals surface area contributed by atoms with Gasteiger partial charge in [-0.15, -0.1) is 11.8 Å². The van der Waals surface area contributed by atoms with Crippen LogP contribution in [0.1, 0.15) is 33.2 Å². The molecule has 1 heterocycles. The number of hydrogen-bond donors (Lipinski definition) is 0. The Balaban J connectivity index is 1.70. The summed E-state index contributed by atoms with van der Waals surface area (Å²) >= 11 is 1.50. The molecule has 7 heteroatoms. The standard InChI is InChI=1S/C20H18N4O2S/c1-14-22-19(23-26-14)13-27-18-6-4-3-5-17(18)20(25)24(2)12-16-9-7-15(11-21)8-10-16/h3-10H,12-13H2,1-2H3. The Morgan fingerprint density at radius 2 is 1.96 bits per heavy atom. The first-order valence-electron chi connectivity index (χ1n) is 8.32. The van der Waals surface area contributed by atoms with Crippen molar-refractivity contribution in [1.29, 1.82) is 5.26 Å². The van der Waals surface area contributed by atoms with Crippen molar-refractivity contribution in [2.24, 2.45) is 0 Å². The lowest BCUT2D eigenvalue weighted by Gasteiger charge is -2.19. The summed E-state index contributed by atoms with van der Waals surface area (Å²) in [5.41, 5.74) is 2.21. The monoisotopic (exact) mass is 378 g/mol. The molecule has 0 radical (unpaired) electrons. The highest BCUT2D eigenvalue weighted by Crippen LogP contribution is 2.26. The molecular weight excluding hydrogens is 360 g/mol. The Bertz CT molecular complexity index is 976. The van der Waals surface area contributed by atoms with Crippen molar-refractivity contribution in [2.75, 3.05) is 7.05 Å². The number of thioether (sulfide) groups is 1. The number of aryl methyl sites for hydroxylation is 1. The molecular formula is C20H18N4O2S. The molecule has 6 nitrogen and oxygen atoms in total. The van der Waals surface area contributed by atoms with Crippen LogP contribution in [0.5, 0.6) is 0 Å². The molecule has 0 unspecified atom stereocenters. The predicted molar refractivity (Wildman–Crippen MR) is 102 cm³/mol. The molecule has 3 aromatic rings. The van der Waals surface area contributed by atoms with Gasteiger partial charge in [0.1, 0.15) is 0 Å². The third-order valence-corrected chi connectivity index (χ3v) is 4.96. The Labute approximate surface area is 161 Å². The smallest absolute Gasteiger partial charge is 0.255 e. The van der Waals surface area contributed by atoms with Crippen molar-refractivity contribution < 1.29 is 9.32 Å². The van der Waals surface area contributed by atoms with Crippen LogP contribution in [-0.4, -0.2) is 28.0 Å². The molecule has 0 aliphatic rings. The van der Waals surface area contributed by atoms with E-state index in [1.807, 2.05) is 36.4 Å². The maximum atomic E-state index is 12.9. The Morgan fingerprint density at radius 1 is 1.22 bits per heavy atom. The van der Waals surface area contributed by atoms with E-state index in [2.05, 4.69) is 16.2 Å². The fourth-order valence-corrected chi connectivity index (χ4v) is 3.43. The normalized spacial score (nSPS) is 10.4. The van der Waals surface area contributed by atoms with Crippen LogP contribution in [0.2, 0.25) is 0 Å². The van der Waals surface area contributed by atoms with Gasteiger partial charge in [-0.1, -0.05) is 29.4 Å². The van der Waals surface area contributed by atoms with Crippen LogP contribution in [0.3, 0.4) is 0 Å². The number of hydrogen-bond acceptors (Lipinski definition) is 6. The summed E-state index contributed by atoms with van der Waals surface area (Å²) in [6, 6.07) is 16.8. The van der Waals surface area contributed by atoms with E-state index < -0.39 is 0 Å². The summed E-state index contributed by atoms with van der Waals surface area (Å²) in [6.45, 7) is 2.21. The molecule has 0 spiro atoms. The van der Waals surface area contributed by atoms with Gasteiger partial charge in [-0.25, -0.2) is 0 Å². The van der Waals surface area contributed by atoms with E-state index in [-0.39, 0.29) is 5.91 Å². The Morgan fingerprint density at radius 3 is 2.63 bits per heavy atom. The molecule has 27 heavy (non-hydrogen) atoms. The van der Waals surface area contributed by atoms with Crippen molar-refractivity contribution in [3.05, 3.63) is 76.9 Å². The second-order valence-electron chi connectivity index (χ2n) is 5.98. The molecule has 2 aromatic carbocycles. The molecule has 1 aromatic heterocycles. The fourth-order valence-electron chi connectivity index (χ4n) is 2.55. The summed E-state index contributed by atoms with van der Waals surface area (Å²) in [4.78, 5) is 19.6. The minimum absolute atomic E-state index is 0.0632. The van der Waals surface area contributed by atoms with Gasteiger partial charge < -0.3 is 9.42 Å². The molecule has 0 N–H and O–H groups in total. The molecule has 1 amide bonds. The largest absolute Gasteiger partial charge is 0.340 e. The number of carbonyl (C=O) groups is 1. The topological polar surface area (TPSA) is 83.0 Å². The second-order valence-corrected chi connectivity index (χ2v) is 7.00. The van der Waals surface area contributed by atoms with Gasteiger partial charge in [0.25, 0.3) is 5.91 Å². The molecule has 136 valence electrons. The van der Waals surface area contributed by atoms with Gasteiger partial charge in [0.15, 0.2) is 5.82 Å². The zero-order chi connectivity index (χ0) is 19.2. The van der Waals surface area contributed by atoms with Crippen LogP contribution in [0.15, 0.2) is 57.9 Å². The van der Waals surface area contributed by atoms with E-state index in [9.17, 15) is 4.79 Å². The van der Waals surface area contributed by atoms with Gasteiger partial charge in [-0.3, -0.25) is 4.79 Å². The van der Waals surface area contributed by atoms with Crippen molar-refractivity contribution in [2.45, 2.75) is 24.1 Å². The summed E-state index contributed by atoms with van der Waals surface area (Å²) in [5.74, 6) is 1.59. The number of nitriles is 1. The molecule has 3 rings (SSSR count). The molecule has 0 saturated carbocycles. The van der Waals surface area contributed by atoms with Crippen LogP contribution in [0, 0.1) is 18.3 Å². The molecule has 0 atom stereocenters. The van der Waals surface area contributed by atoms with Gasteiger partial charge in [-0.05, 0) is 29.8 Å². The fraction of sp³-hybridized carbons (Fsp3) is 0.200. The number of amides is 1. The van der Waals surface area contributed by atoms with E-state index in [0.717, 1.165) is 10.5 Å². The number of rotatable bonds is 6. The van der Waals surface area contributed by atoms with Gasteiger partial charge in [0.2, 0.25) is 5.89 Å². The molecule has 0 fully saturated rings. The summed E-state index contributed by atoms with van der Waals surface area (Å²) in [7, 11) is 1.77. The van der Waals surface area contributed by atoms with E-state index in [0.29, 0.717) is 35.1 Å². The number of carbonyl (C=O) groups excluding carboxylic acids is 1. The van der Waals surface area contributed by atoms with E-state index in [4.69, 9.17) is 9.78 Å². The zero-order valence-electron chi connectivity index (χ0n) is 15.0. The highest BCUT2D eigenvalue weighted by atomic mass is 32.2. The number of benzene rings is 2. The first kappa shape index (κ1) is 18.7. The van der Waals surface area contributed by atoms with Crippen LogP contribution < -0.4 is 0 Å². The maximum absolute atomic E-state index is 12.9. The molecule has 0 saturated heterocycles. The Hall–Kier alpha value is -3.11.